The minimum Gasteiger partial charge on any atom is -0.351 e. The van der Waals surface area contributed by atoms with Crippen LogP contribution in [0, 0.1) is 0 Å². The quantitative estimate of drug-likeness (QED) is 0.635. The Labute approximate surface area is 112 Å². The van der Waals surface area contributed by atoms with Crippen LogP contribution in [0.15, 0.2) is 30.3 Å². The van der Waals surface area contributed by atoms with E-state index >= 15 is 0 Å². The number of hydrogen-bond acceptors (Lipinski definition) is 4. The van der Waals surface area contributed by atoms with Crippen molar-refractivity contribution in [2.45, 2.75) is 25.4 Å². The van der Waals surface area contributed by atoms with Gasteiger partial charge in [0.2, 0.25) is 5.91 Å². The lowest BCUT2D eigenvalue weighted by molar-refractivity contribution is -0.122. The fourth-order valence-electron chi connectivity index (χ4n) is 1.67. The van der Waals surface area contributed by atoms with Gasteiger partial charge >= 0.3 is 0 Å². The van der Waals surface area contributed by atoms with Crippen LogP contribution in [0.5, 0.6) is 0 Å². The Morgan fingerprint density at radius 1 is 1.37 bits per heavy atom. The molecule has 0 aromatic heterocycles. The Hall–Kier alpha value is -1.44. The summed E-state index contributed by atoms with van der Waals surface area (Å²) in [5, 5.41) is 2.45. The van der Waals surface area contributed by atoms with Gasteiger partial charge in [-0.3, -0.25) is 9.35 Å². The number of nitrogens with one attached hydrogen (secondary N) is 1. The van der Waals surface area contributed by atoms with Crippen molar-refractivity contribution in [3.63, 3.8) is 0 Å². The van der Waals surface area contributed by atoms with Crippen molar-refractivity contribution in [2.24, 2.45) is 5.73 Å². The summed E-state index contributed by atoms with van der Waals surface area (Å²) in [5.74, 6) is -0.975. The molecule has 0 radical (unpaired) electrons. The predicted molar refractivity (Wildman–Crippen MR) is 72.1 cm³/mol. The van der Waals surface area contributed by atoms with Crippen LogP contribution in [-0.2, 0) is 21.3 Å². The largest absolute Gasteiger partial charge is 0.351 e. The number of benzene rings is 1. The second-order valence-electron chi connectivity index (χ2n) is 4.45. The van der Waals surface area contributed by atoms with E-state index in [1.807, 2.05) is 30.3 Å². The molecule has 0 bridgehead atoms. The van der Waals surface area contributed by atoms with E-state index in [2.05, 4.69) is 5.32 Å². The van der Waals surface area contributed by atoms with Gasteiger partial charge in [0, 0.05) is 6.04 Å². The zero-order valence-corrected chi connectivity index (χ0v) is 11.4. The molecule has 0 unspecified atom stereocenters. The molecule has 19 heavy (non-hydrogen) atoms. The molecule has 0 aliphatic heterocycles. The van der Waals surface area contributed by atoms with Gasteiger partial charge in [-0.2, -0.15) is 8.42 Å². The van der Waals surface area contributed by atoms with E-state index in [0.717, 1.165) is 5.56 Å². The topological polar surface area (TPSA) is 109 Å². The maximum atomic E-state index is 11.7. The summed E-state index contributed by atoms with van der Waals surface area (Å²) in [6, 6.07) is 7.82. The van der Waals surface area contributed by atoms with Crippen LogP contribution < -0.4 is 11.1 Å². The molecule has 0 aliphatic rings. The molecule has 1 aromatic rings. The first-order valence-corrected chi connectivity index (χ1v) is 7.44. The third-order valence-corrected chi connectivity index (χ3v) is 3.41. The number of hydrogen-bond donors (Lipinski definition) is 3. The van der Waals surface area contributed by atoms with Crippen LogP contribution in [-0.4, -0.2) is 36.7 Å². The molecule has 0 saturated carbocycles. The first kappa shape index (κ1) is 15.6. The Balaban J connectivity index is 2.49. The van der Waals surface area contributed by atoms with Crippen LogP contribution in [0.4, 0.5) is 0 Å². The van der Waals surface area contributed by atoms with Gasteiger partial charge in [0.25, 0.3) is 10.1 Å². The summed E-state index contributed by atoms with van der Waals surface area (Å²) < 4.78 is 30.0. The molecule has 2 atom stereocenters. The summed E-state index contributed by atoms with van der Waals surface area (Å²) in [6.45, 7) is 1.49. The molecular weight excluding hydrogens is 268 g/mol. The smallest absolute Gasteiger partial charge is 0.266 e. The van der Waals surface area contributed by atoms with E-state index in [4.69, 9.17) is 10.3 Å². The number of amides is 1. The van der Waals surface area contributed by atoms with Gasteiger partial charge < -0.3 is 11.1 Å². The lowest BCUT2D eigenvalue weighted by atomic mass is 10.1. The summed E-state index contributed by atoms with van der Waals surface area (Å²) >= 11 is 0. The van der Waals surface area contributed by atoms with Crippen LogP contribution in [0.25, 0.3) is 0 Å². The van der Waals surface area contributed by atoms with Gasteiger partial charge in [-0.15, -0.1) is 0 Å². The Morgan fingerprint density at radius 2 is 1.95 bits per heavy atom. The number of nitrogens with two attached hydrogens (primary N) is 1. The minimum absolute atomic E-state index is 0.366. The molecule has 7 heteroatoms. The molecule has 1 amide bonds. The van der Waals surface area contributed by atoms with Crippen molar-refractivity contribution in [3.05, 3.63) is 35.9 Å². The fraction of sp³-hybridized carbons (Fsp3) is 0.417. The van der Waals surface area contributed by atoms with E-state index in [0.29, 0.717) is 6.42 Å². The number of rotatable bonds is 6. The third kappa shape index (κ3) is 6.32. The highest BCUT2D eigenvalue weighted by Crippen LogP contribution is 2.02. The molecule has 106 valence electrons. The maximum Gasteiger partial charge on any atom is 0.266 e. The highest BCUT2D eigenvalue weighted by molar-refractivity contribution is 7.85. The molecule has 0 aliphatic carbocycles. The van der Waals surface area contributed by atoms with E-state index in [-0.39, 0.29) is 0 Å². The Kier molecular flexibility index (Phi) is 5.46. The second-order valence-corrected chi connectivity index (χ2v) is 5.95. The lowest BCUT2D eigenvalue weighted by Crippen LogP contribution is -2.47. The highest BCUT2D eigenvalue weighted by atomic mass is 32.2. The van der Waals surface area contributed by atoms with Crippen molar-refractivity contribution in [3.8, 4) is 0 Å². The van der Waals surface area contributed by atoms with E-state index < -0.39 is 33.9 Å². The van der Waals surface area contributed by atoms with Crippen LogP contribution in [0.2, 0.25) is 0 Å². The van der Waals surface area contributed by atoms with Crippen LogP contribution in [0.3, 0.4) is 0 Å². The minimum atomic E-state index is -4.11. The molecule has 1 aromatic carbocycles. The maximum absolute atomic E-state index is 11.7. The van der Waals surface area contributed by atoms with Gasteiger partial charge in [0.15, 0.2) is 0 Å². The van der Waals surface area contributed by atoms with Gasteiger partial charge in [-0.05, 0) is 18.9 Å². The molecule has 0 saturated heterocycles. The first-order chi connectivity index (χ1) is 8.78. The highest BCUT2D eigenvalue weighted by Gasteiger charge is 2.19. The van der Waals surface area contributed by atoms with Gasteiger partial charge in [-0.25, -0.2) is 0 Å². The molecule has 0 fully saturated rings. The van der Waals surface area contributed by atoms with Crippen LogP contribution in [0.1, 0.15) is 12.5 Å². The standard InChI is InChI=1S/C12H18N2O4S/c1-9(8-19(16,17)18)14-12(15)11(13)7-10-5-3-2-4-6-10/h2-6,9,11H,7-8,13H2,1H3,(H,14,15)(H,16,17,18)/t9-,11-/m1/s1. The van der Waals surface area contributed by atoms with Crippen LogP contribution >= 0.6 is 0 Å². The predicted octanol–water partition coefficient (Wildman–Crippen LogP) is -0.0511. The molecular formula is C12H18N2O4S. The zero-order chi connectivity index (χ0) is 14.5. The summed E-state index contributed by atoms with van der Waals surface area (Å²) in [7, 11) is -4.11. The number of carbonyl (C=O) groups is 1. The molecule has 4 N–H and O–H groups in total. The normalized spacial score (nSPS) is 14.7. The SMILES string of the molecule is C[C@H](CS(=O)(=O)O)NC(=O)[C@H](N)Cc1ccccc1. The molecule has 0 heterocycles. The molecule has 0 spiro atoms. The molecule has 1 rings (SSSR count). The first-order valence-electron chi connectivity index (χ1n) is 5.83. The van der Waals surface area contributed by atoms with Crippen molar-refractivity contribution in [2.75, 3.05) is 5.75 Å². The van der Waals surface area contributed by atoms with Crippen molar-refractivity contribution < 1.29 is 17.8 Å². The summed E-state index contributed by atoms with van der Waals surface area (Å²) in [5.41, 5.74) is 6.66. The zero-order valence-electron chi connectivity index (χ0n) is 10.6. The average molecular weight is 286 g/mol. The van der Waals surface area contributed by atoms with Gasteiger partial charge in [0.1, 0.15) is 0 Å². The fourth-order valence-corrected chi connectivity index (χ4v) is 2.38. The van der Waals surface area contributed by atoms with Crippen molar-refractivity contribution in [1.82, 2.24) is 5.32 Å². The van der Waals surface area contributed by atoms with E-state index in [1.165, 1.54) is 6.92 Å². The van der Waals surface area contributed by atoms with E-state index in [9.17, 15) is 13.2 Å². The second kappa shape index (κ2) is 6.65. The molecule has 6 nitrogen and oxygen atoms in total. The van der Waals surface area contributed by atoms with Crippen molar-refractivity contribution >= 4 is 16.0 Å². The summed E-state index contributed by atoms with van der Waals surface area (Å²) in [4.78, 5) is 11.7. The lowest BCUT2D eigenvalue weighted by Gasteiger charge is -2.16. The van der Waals surface area contributed by atoms with E-state index in [1.54, 1.807) is 0 Å². The van der Waals surface area contributed by atoms with Gasteiger partial charge in [-0.1, -0.05) is 30.3 Å². The Bertz CT molecular complexity index is 516. The number of carbonyl (C=O) groups excluding carboxylic acids is 1. The summed E-state index contributed by atoms with van der Waals surface area (Å²) in [6.07, 6.45) is 0.366. The Morgan fingerprint density at radius 3 is 2.47 bits per heavy atom. The third-order valence-electron chi connectivity index (χ3n) is 2.48. The van der Waals surface area contributed by atoms with Crippen molar-refractivity contribution in [1.29, 1.82) is 0 Å². The average Bonchev–Trinajstić information content (AvgIpc) is 2.27. The van der Waals surface area contributed by atoms with Gasteiger partial charge in [0.05, 0.1) is 11.8 Å². The monoisotopic (exact) mass is 286 g/mol.